The van der Waals surface area contributed by atoms with Crippen molar-refractivity contribution in [3.8, 4) is 23.3 Å². The third-order valence-electron chi connectivity index (χ3n) is 5.44. The first-order chi connectivity index (χ1) is 16.5. The molecule has 1 atom stereocenters. The number of unbranched alkanes of at least 4 members (excludes halogenated alkanes) is 1. The summed E-state index contributed by atoms with van der Waals surface area (Å²) in [6.07, 6.45) is 1.97. The summed E-state index contributed by atoms with van der Waals surface area (Å²) in [5, 5.41) is 9.71. The van der Waals surface area contributed by atoms with E-state index in [2.05, 4.69) is 28.9 Å². The maximum absolute atomic E-state index is 12.7. The van der Waals surface area contributed by atoms with Gasteiger partial charge in [0.2, 0.25) is 5.88 Å². The minimum absolute atomic E-state index is 0.0309. The summed E-state index contributed by atoms with van der Waals surface area (Å²) in [6.45, 7) is 2.68. The van der Waals surface area contributed by atoms with Crippen LogP contribution < -0.4 is 19.9 Å². The first-order valence-electron chi connectivity index (χ1n) is 10.9. The molecule has 2 N–H and O–H groups in total. The second-order valence-corrected chi connectivity index (χ2v) is 8.71. The first kappa shape index (κ1) is 23.4. The Kier molecular flexibility index (Phi) is 7.19. The van der Waals surface area contributed by atoms with Gasteiger partial charge >= 0.3 is 5.97 Å². The molecule has 3 aromatic carbocycles. The number of nitrogens with two attached hydrogens (primary N) is 1. The van der Waals surface area contributed by atoms with Crippen molar-refractivity contribution in [2.45, 2.75) is 25.7 Å². The predicted octanol–water partition coefficient (Wildman–Crippen LogP) is 6.07. The van der Waals surface area contributed by atoms with Crippen molar-refractivity contribution in [2.75, 3.05) is 6.61 Å². The zero-order valence-corrected chi connectivity index (χ0v) is 20.2. The number of carbonyl (C=O) groups excluding carboxylic acids is 1. The topological polar surface area (TPSA) is 94.6 Å². The maximum Gasteiger partial charge on any atom is 0.343 e. The fourth-order valence-corrected chi connectivity index (χ4v) is 3.97. The van der Waals surface area contributed by atoms with E-state index in [1.807, 2.05) is 30.3 Å². The van der Waals surface area contributed by atoms with E-state index in [1.54, 1.807) is 36.4 Å². The van der Waals surface area contributed by atoms with Gasteiger partial charge in [0.25, 0.3) is 0 Å². The van der Waals surface area contributed by atoms with E-state index in [4.69, 9.17) is 19.9 Å². The summed E-state index contributed by atoms with van der Waals surface area (Å²) in [7, 11) is 0. The molecule has 0 bridgehead atoms. The highest BCUT2D eigenvalue weighted by molar-refractivity contribution is 9.10. The lowest BCUT2D eigenvalue weighted by Crippen LogP contribution is -2.21. The van der Waals surface area contributed by atoms with Crippen LogP contribution in [0.4, 0.5) is 0 Å². The Morgan fingerprint density at radius 2 is 1.91 bits per heavy atom. The Bertz CT molecular complexity index is 1280. The van der Waals surface area contributed by atoms with Gasteiger partial charge in [-0.25, -0.2) is 4.79 Å². The van der Waals surface area contributed by atoms with Crippen LogP contribution in [-0.4, -0.2) is 12.6 Å². The number of nitriles is 1. The van der Waals surface area contributed by atoms with E-state index >= 15 is 0 Å². The molecular weight excluding hydrogens is 496 g/mol. The van der Waals surface area contributed by atoms with Crippen molar-refractivity contribution < 1.29 is 19.0 Å². The highest BCUT2D eigenvalue weighted by Gasteiger charge is 2.31. The molecule has 0 saturated heterocycles. The monoisotopic (exact) mass is 518 g/mol. The number of carbonyl (C=O) groups is 1. The molecule has 0 aromatic heterocycles. The second kappa shape index (κ2) is 10.4. The smallest absolute Gasteiger partial charge is 0.343 e. The van der Waals surface area contributed by atoms with Crippen molar-refractivity contribution in [2.24, 2.45) is 5.73 Å². The van der Waals surface area contributed by atoms with Crippen LogP contribution in [0.1, 0.15) is 47.2 Å². The summed E-state index contributed by atoms with van der Waals surface area (Å²) in [4.78, 5) is 12.7. The van der Waals surface area contributed by atoms with Crippen LogP contribution in [0, 0.1) is 11.3 Å². The van der Waals surface area contributed by atoms with Crippen LogP contribution in [0.25, 0.3) is 0 Å². The third-order valence-corrected chi connectivity index (χ3v) is 5.97. The second-order valence-electron chi connectivity index (χ2n) is 7.80. The Labute approximate surface area is 206 Å². The van der Waals surface area contributed by atoms with Gasteiger partial charge in [-0.2, -0.15) is 5.26 Å². The molecule has 1 heterocycles. The lowest BCUT2D eigenvalue weighted by atomic mass is 9.83. The molecule has 0 aliphatic carbocycles. The van der Waals surface area contributed by atoms with Gasteiger partial charge in [-0.1, -0.05) is 53.5 Å². The summed E-state index contributed by atoms with van der Waals surface area (Å²) < 4.78 is 17.9. The Morgan fingerprint density at radius 1 is 1.12 bits per heavy atom. The number of hydrogen-bond acceptors (Lipinski definition) is 6. The summed E-state index contributed by atoms with van der Waals surface area (Å²) in [5.41, 5.74) is 8.45. The predicted molar refractivity (Wildman–Crippen MR) is 132 cm³/mol. The van der Waals surface area contributed by atoms with Gasteiger partial charge in [-0.05, 0) is 48.4 Å². The maximum atomic E-state index is 12.7. The van der Waals surface area contributed by atoms with Gasteiger partial charge < -0.3 is 19.9 Å². The van der Waals surface area contributed by atoms with Crippen molar-refractivity contribution in [3.05, 3.63) is 99.3 Å². The fraction of sp³-hybridized carbons (Fsp3) is 0.185. The van der Waals surface area contributed by atoms with Crippen LogP contribution in [0.5, 0.6) is 17.2 Å². The Balaban J connectivity index is 1.58. The molecule has 0 fully saturated rings. The molecule has 0 radical (unpaired) electrons. The number of rotatable bonds is 7. The molecule has 172 valence electrons. The number of halogens is 1. The molecular formula is C27H23BrN2O4. The molecule has 6 nitrogen and oxygen atoms in total. The van der Waals surface area contributed by atoms with Crippen molar-refractivity contribution in [1.29, 1.82) is 5.26 Å². The average molecular weight is 519 g/mol. The number of ether oxygens (including phenoxy) is 3. The highest BCUT2D eigenvalue weighted by Crippen LogP contribution is 2.43. The van der Waals surface area contributed by atoms with Gasteiger partial charge in [0.15, 0.2) is 0 Å². The number of allylic oxidation sites excluding steroid dienone is 1. The molecule has 0 saturated carbocycles. The normalized spacial score (nSPS) is 14.6. The number of hydrogen-bond donors (Lipinski definition) is 1. The summed E-state index contributed by atoms with van der Waals surface area (Å²) in [5.74, 6) is 0.500. The minimum Gasteiger partial charge on any atom is -0.494 e. The quantitative estimate of drug-likeness (QED) is 0.232. The van der Waals surface area contributed by atoms with Crippen molar-refractivity contribution in [1.82, 2.24) is 0 Å². The summed E-state index contributed by atoms with van der Waals surface area (Å²) in [6, 6.07) is 21.8. The van der Waals surface area contributed by atoms with E-state index in [1.165, 1.54) is 0 Å². The van der Waals surface area contributed by atoms with E-state index in [0.29, 0.717) is 35.0 Å². The molecule has 0 amide bonds. The average Bonchev–Trinajstić information content (AvgIpc) is 2.84. The molecule has 4 rings (SSSR count). The van der Waals surface area contributed by atoms with Gasteiger partial charge in [0.1, 0.15) is 28.9 Å². The fourth-order valence-electron chi connectivity index (χ4n) is 3.71. The van der Waals surface area contributed by atoms with Crippen molar-refractivity contribution >= 4 is 21.9 Å². The van der Waals surface area contributed by atoms with Crippen LogP contribution in [-0.2, 0) is 0 Å². The zero-order valence-electron chi connectivity index (χ0n) is 18.6. The standard InChI is InChI=1S/C27H23BrN2O4/c1-2-3-13-32-20-6-4-5-18(14-20)27(31)33-21-11-12-22-24(15-21)34-26(30)23(16-29)25(22)17-7-9-19(28)10-8-17/h4-12,14-15,25H,2-3,13,30H2,1H3. The number of esters is 1. The lowest BCUT2D eigenvalue weighted by Gasteiger charge is -2.26. The van der Waals surface area contributed by atoms with Gasteiger partial charge in [-0.15, -0.1) is 0 Å². The Hall–Kier alpha value is -3.76. The summed E-state index contributed by atoms with van der Waals surface area (Å²) >= 11 is 3.43. The van der Waals surface area contributed by atoms with Gasteiger partial charge in [0.05, 0.1) is 18.1 Å². The van der Waals surface area contributed by atoms with E-state index in [-0.39, 0.29) is 11.8 Å². The number of nitrogens with zero attached hydrogens (tertiary/aromatic N) is 1. The molecule has 7 heteroatoms. The number of fused-ring (bicyclic) bond motifs is 1. The minimum atomic E-state index is -0.512. The van der Waals surface area contributed by atoms with E-state index in [9.17, 15) is 10.1 Å². The Morgan fingerprint density at radius 3 is 2.65 bits per heavy atom. The van der Waals surface area contributed by atoms with Crippen LogP contribution >= 0.6 is 15.9 Å². The SMILES string of the molecule is CCCCOc1cccc(C(=O)Oc2ccc3c(c2)OC(N)=C(C#N)C3c2ccc(Br)cc2)c1. The van der Waals surface area contributed by atoms with Crippen LogP contribution in [0.15, 0.2) is 82.7 Å². The zero-order chi connectivity index (χ0) is 24.1. The van der Waals surface area contributed by atoms with Gasteiger partial charge in [0, 0.05) is 16.1 Å². The number of benzene rings is 3. The molecule has 1 aliphatic heterocycles. The molecule has 34 heavy (non-hydrogen) atoms. The van der Waals surface area contributed by atoms with E-state index in [0.717, 1.165) is 28.4 Å². The van der Waals surface area contributed by atoms with Crippen LogP contribution in [0.3, 0.4) is 0 Å². The van der Waals surface area contributed by atoms with Crippen molar-refractivity contribution in [3.63, 3.8) is 0 Å². The van der Waals surface area contributed by atoms with Gasteiger partial charge in [-0.3, -0.25) is 0 Å². The third kappa shape index (κ3) is 5.08. The molecule has 3 aromatic rings. The van der Waals surface area contributed by atoms with Crippen LogP contribution in [0.2, 0.25) is 0 Å². The largest absolute Gasteiger partial charge is 0.494 e. The van der Waals surface area contributed by atoms with E-state index < -0.39 is 5.97 Å². The highest BCUT2D eigenvalue weighted by atomic mass is 79.9. The molecule has 0 spiro atoms. The molecule has 1 aliphatic rings. The molecule has 1 unspecified atom stereocenters. The first-order valence-corrected chi connectivity index (χ1v) is 11.7. The lowest BCUT2D eigenvalue weighted by molar-refractivity contribution is 0.0734.